The van der Waals surface area contributed by atoms with Crippen molar-refractivity contribution in [1.82, 2.24) is 0 Å². The Morgan fingerprint density at radius 3 is 2.64 bits per heavy atom. The molecule has 1 aliphatic heterocycles. The second-order valence-electron chi connectivity index (χ2n) is 5.98. The first-order chi connectivity index (χ1) is 12.1. The standard InChI is InChI=1S/C18H20ClN3O3/c1-20(18-7-6-15(22(23)24)12-16(18)19)13-14-4-2-3-5-17(14)21-8-10-25-11-9-21/h2-7,12H,8-11,13H2,1H3. The van der Waals surface area contributed by atoms with Crippen molar-refractivity contribution in [2.75, 3.05) is 43.2 Å². The zero-order chi connectivity index (χ0) is 17.8. The van der Waals surface area contributed by atoms with Crippen molar-refractivity contribution < 1.29 is 9.66 Å². The maximum atomic E-state index is 10.9. The molecule has 0 amide bonds. The molecule has 3 rings (SSSR count). The fourth-order valence-corrected chi connectivity index (χ4v) is 3.34. The van der Waals surface area contributed by atoms with E-state index in [0.717, 1.165) is 32.0 Å². The van der Waals surface area contributed by atoms with Gasteiger partial charge in [-0.25, -0.2) is 0 Å². The molecule has 1 fully saturated rings. The molecule has 132 valence electrons. The van der Waals surface area contributed by atoms with Crippen LogP contribution in [0.4, 0.5) is 17.1 Å². The first-order valence-electron chi connectivity index (χ1n) is 8.12. The van der Waals surface area contributed by atoms with Gasteiger partial charge in [0.2, 0.25) is 0 Å². The van der Waals surface area contributed by atoms with Crippen LogP contribution in [0.1, 0.15) is 5.56 Å². The molecule has 0 radical (unpaired) electrons. The molecule has 0 atom stereocenters. The van der Waals surface area contributed by atoms with Gasteiger partial charge in [-0.2, -0.15) is 0 Å². The molecule has 0 spiro atoms. The van der Waals surface area contributed by atoms with E-state index in [-0.39, 0.29) is 5.69 Å². The summed E-state index contributed by atoms with van der Waals surface area (Å²) in [5.74, 6) is 0. The number of nitro benzene ring substituents is 1. The van der Waals surface area contributed by atoms with E-state index in [9.17, 15) is 10.1 Å². The first kappa shape index (κ1) is 17.5. The van der Waals surface area contributed by atoms with Gasteiger partial charge in [-0.1, -0.05) is 29.8 Å². The van der Waals surface area contributed by atoms with E-state index < -0.39 is 4.92 Å². The Balaban J connectivity index is 1.81. The quantitative estimate of drug-likeness (QED) is 0.600. The first-order valence-corrected chi connectivity index (χ1v) is 8.50. The monoisotopic (exact) mass is 361 g/mol. The molecule has 1 aliphatic rings. The van der Waals surface area contributed by atoms with Gasteiger partial charge < -0.3 is 14.5 Å². The SMILES string of the molecule is CN(Cc1ccccc1N1CCOCC1)c1ccc([N+](=O)[O-])cc1Cl. The van der Waals surface area contributed by atoms with Crippen LogP contribution in [0.2, 0.25) is 5.02 Å². The second kappa shape index (κ2) is 7.72. The minimum atomic E-state index is -0.441. The normalized spacial score (nSPS) is 14.4. The van der Waals surface area contributed by atoms with Crippen LogP contribution >= 0.6 is 11.6 Å². The second-order valence-corrected chi connectivity index (χ2v) is 6.38. The molecule has 25 heavy (non-hydrogen) atoms. The highest BCUT2D eigenvalue weighted by atomic mass is 35.5. The molecule has 2 aromatic carbocycles. The van der Waals surface area contributed by atoms with Crippen LogP contribution in [0.3, 0.4) is 0 Å². The summed E-state index contributed by atoms with van der Waals surface area (Å²) in [7, 11) is 1.93. The molecule has 1 heterocycles. The third kappa shape index (κ3) is 4.03. The molecule has 0 aliphatic carbocycles. The highest BCUT2D eigenvalue weighted by Gasteiger charge is 2.17. The topological polar surface area (TPSA) is 58.8 Å². The van der Waals surface area contributed by atoms with Crippen molar-refractivity contribution in [2.45, 2.75) is 6.54 Å². The summed E-state index contributed by atoms with van der Waals surface area (Å²) in [6.07, 6.45) is 0. The molecule has 0 unspecified atom stereocenters. The average Bonchev–Trinajstić information content (AvgIpc) is 2.62. The lowest BCUT2D eigenvalue weighted by Gasteiger charge is -2.32. The number of hydrogen-bond donors (Lipinski definition) is 0. The fourth-order valence-electron chi connectivity index (χ4n) is 3.02. The van der Waals surface area contributed by atoms with Crippen LogP contribution in [0.25, 0.3) is 0 Å². The lowest BCUT2D eigenvalue weighted by atomic mass is 10.1. The van der Waals surface area contributed by atoms with Gasteiger partial charge in [-0.3, -0.25) is 10.1 Å². The number of hydrogen-bond acceptors (Lipinski definition) is 5. The van der Waals surface area contributed by atoms with Crippen LogP contribution in [-0.4, -0.2) is 38.3 Å². The van der Waals surface area contributed by atoms with E-state index in [1.54, 1.807) is 6.07 Å². The van der Waals surface area contributed by atoms with Gasteiger partial charge in [-0.15, -0.1) is 0 Å². The molecule has 7 heteroatoms. The van der Waals surface area contributed by atoms with Crippen LogP contribution in [0, 0.1) is 10.1 Å². The Morgan fingerprint density at radius 1 is 1.24 bits per heavy atom. The van der Waals surface area contributed by atoms with Crippen molar-refractivity contribution in [3.63, 3.8) is 0 Å². The maximum Gasteiger partial charge on any atom is 0.271 e. The number of nitro groups is 1. The van der Waals surface area contributed by atoms with Gasteiger partial charge in [0.15, 0.2) is 0 Å². The predicted octanol–water partition coefficient (Wildman–Crippen LogP) is 3.72. The number of rotatable bonds is 5. The van der Waals surface area contributed by atoms with Crippen LogP contribution in [0.15, 0.2) is 42.5 Å². The Labute approximate surface area is 151 Å². The Morgan fingerprint density at radius 2 is 1.96 bits per heavy atom. The highest BCUT2D eigenvalue weighted by molar-refractivity contribution is 6.33. The fraction of sp³-hybridized carbons (Fsp3) is 0.333. The van der Waals surface area contributed by atoms with Crippen molar-refractivity contribution >= 4 is 28.7 Å². The largest absolute Gasteiger partial charge is 0.378 e. The van der Waals surface area contributed by atoms with Gasteiger partial charge in [0, 0.05) is 44.5 Å². The number of ether oxygens (including phenoxy) is 1. The van der Waals surface area contributed by atoms with E-state index in [0.29, 0.717) is 11.6 Å². The van der Waals surface area contributed by atoms with E-state index in [1.165, 1.54) is 23.4 Å². The third-order valence-corrected chi connectivity index (χ3v) is 4.61. The minimum absolute atomic E-state index is 0.00383. The number of non-ortho nitro benzene ring substituents is 1. The molecule has 0 N–H and O–H groups in total. The summed E-state index contributed by atoms with van der Waals surface area (Å²) in [4.78, 5) is 14.8. The molecular formula is C18H20ClN3O3. The molecule has 1 saturated heterocycles. The van der Waals surface area contributed by atoms with Gasteiger partial charge in [-0.05, 0) is 17.7 Å². The molecule has 0 saturated carbocycles. The van der Waals surface area contributed by atoms with Crippen molar-refractivity contribution in [2.24, 2.45) is 0 Å². The van der Waals surface area contributed by atoms with E-state index in [2.05, 4.69) is 17.0 Å². The van der Waals surface area contributed by atoms with Gasteiger partial charge in [0.05, 0.1) is 28.8 Å². The van der Waals surface area contributed by atoms with Gasteiger partial charge >= 0.3 is 0 Å². The number of halogens is 1. The summed E-state index contributed by atoms with van der Waals surface area (Å²) in [5.41, 5.74) is 3.14. The number of nitrogens with zero attached hydrogens (tertiary/aromatic N) is 3. The smallest absolute Gasteiger partial charge is 0.271 e. The van der Waals surface area contributed by atoms with Crippen LogP contribution in [-0.2, 0) is 11.3 Å². The van der Waals surface area contributed by atoms with Gasteiger partial charge in [0.1, 0.15) is 0 Å². The Bertz CT molecular complexity index is 763. The zero-order valence-corrected chi connectivity index (χ0v) is 14.8. The Hall–Kier alpha value is -2.31. The predicted molar refractivity (Wildman–Crippen MR) is 99.7 cm³/mol. The van der Waals surface area contributed by atoms with Gasteiger partial charge in [0.25, 0.3) is 5.69 Å². The molecular weight excluding hydrogens is 342 g/mol. The number of benzene rings is 2. The summed E-state index contributed by atoms with van der Waals surface area (Å²) in [5, 5.41) is 11.2. The van der Waals surface area contributed by atoms with Crippen molar-refractivity contribution in [3.8, 4) is 0 Å². The van der Waals surface area contributed by atoms with Crippen molar-refractivity contribution in [1.29, 1.82) is 0 Å². The molecule has 6 nitrogen and oxygen atoms in total. The number of anilines is 2. The van der Waals surface area contributed by atoms with E-state index >= 15 is 0 Å². The number of para-hydroxylation sites is 1. The molecule has 0 aromatic heterocycles. The zero-order valence-electron chi connectivity index (χ0n) is 14.0. The third-order valence-electron chi connectivity index (χ3n) is 4.30. The lowest BCUT2D eigenvalue weighted by Crippen LogP contribution is -2.37. The summed E-state index contributed by atoms with van der Waals surface area (Å²) in [6, 6.07) is 12.8. The summed E-state index contributed by atoms with van der Waals surface area (Å²) < 4.78 is 5.43. The highest BCUT2D eigenvalue weighted by Crippen LogP contribution is 2.31. The average molecular weight is 362 g/mol. The van der Waals surface area contributed by atoms with E-state index in [4.69, 9.17) is 16.3 Å². The van der Waals surface area contributed by atoms with Crippen LogP contribution in [0.5, 0.6) is 0 Å². The Kier molecular flexibility index (Phi) is 5.40. The number of morpholine rings is 1. The van der Waals surface area contributed by atoms with Crippen molar-refractivity contribution in [3.05, 3.63) is 63.2 Å². The van der Waals surface area contributed by atoms with E-state index in [1.807, 2.05) is 24.1 Å². The van der Waals surface area contributed by atoms with Crippen LogP contribution < -0.4 is 9.80 Å². The summed E-state index contributed by atoms with van der Waals surface area (Å²) >= 11 is 6.25. The maximum absolute atomic E-state index is 10.9. The lowest BCUT2D eigenvalue weighted by molar-refractivity contribution is -0.384. The summed E-state index contributed by atoms with van der Waals surface area (Å²) in [6.45, 7) is 3.87. The molecule has 2 aromatic rings. The molecule has 0 bridgehead atoms. The minimum Gasteiger partial charge on any atom is -0.378 e.